The molecule has 5 rings (SSSR count). The third-order valence-electron chi connectivity index (χ3n) is 8.86. The first-order chi connectivity index (χ1) is 22.0. The van der Waals surface area contributed by atoms with Crippen molar-refractivity contribution in [2.75, 3.05) is 13.7 Å². The maximum atomic E-state index is 14.1. The minimum Gasteiger partial charge on any atom is -0.469 e. The van der Waals surface area contributed by atoms with Crippen LogP contribution in [-0.2, 0) is 22.6 Å². The van der Waals surface area contributed by atoms with E-state index in [1.54, 1.807) is 0 Å². The van der Waals surface area contributed by atoms with E-state index in [1.807, 2.05) is 24.3 Å². The lowest BCUT2D eigenvalue weighted by atomic mass is 9.87. The molecule has 0 aromatic heterocycles. The molecule has 2 unspecified atom stereocenters. The zero-order chi connectivity index (χ0) is 31.4. The highest BCUT2D eigenvalue weighted by molar-refractivity contribution is 5.74. The van der Waals surface area contributed by atoms with Gasteiger partial charge >= 0.3 is 5.97 Å². The molecule has 0 saturated heterocycles. The Labute approximate surface area is 268 Å². The Bertz CT molecular complexity index is 1560. The lowest BCUT2D eigenvalue weighted by Crippen LogP contribution is -2.44. The van der Waals surface area contributed by atoms with Gasteiger partial charge in [0.05, 0.1) is 19.1 Å². The Balaban J connectivity index is 1.62. The fourth-order valence-corrected chi connectivity index (χ4v) is 6.33. The Kier molecular flexibility index (Phi) is 11.3. The van der Waals surface area contributed by atoms with E-state index in [-0.39, 0.29) is 24.1 Å². The van der Waals surface area contributed by atoms with Gasteiger partial charge in [-0.25, -0.2) is 0 Å². The lowest BCUT2D eigenvalue weighted by molar-refractivity contribution is -0.150. The molecule has 0 bridgehead atoms. The second-order valence-corrected chi connectivity index (χ2v) is 11.7. The molecule has 0 N–H and O–H groups in total. The van der Waals surface area contributed by atoms with Crippen LogP contribution in [0, 0.1) is 5.92 Å². The predicted octanol–water partition coefficient (Wildman–Crippen LogP) is 9.04. The Hall–Kier alpha value is -4.51. The summed E-state index contributed by atoms with van der Waals surface area (Å²) in [7, 11) is 1.52. The number of rotatable bonds is 14. The van der Waals surface area contributed by atoms with Gasteiger partial charge in [-0.15, -0.1) is 0 Å². The van der Waals surface area contributed by atoms with Gasteiger partial charge in [0, 0.05) is 31.7 Å². The number of hydrogen-bond acceptors (Lipinski definition) is 4. The fraction of sp³-hybridized carbons (Fsp3) is 0.244. The Morgan fingerprint density at radius 3 is 1.42 bits per heavy atom. The molecule has 45 heavy (non-hydrogen) atoms. The summed E-state index contributed by atoms with van der Waals surface area (Å²) in [6, 6.07) is 52.5. The zero-order valence-electron chi connectivity index (χ0n) is 26.6. The number of methoxy groups -OCH3 is 1. The molecule has 0 aliphatic heterocycles. The molecule has 4 heteroatoms. The first-order valence-electron chi connectivity index (χ1n) is 15.9. The molecule has 5 aromatic carbocycles. The van der Waals surface area contributed by atoms with Crippen molar-refractivity contribution in [2.24, 2.45) is 5.92 Å². The van der Waals surface area contributed by atoms with Gasteiger partial charge in [0.2, 0.25) is 0 Å². The number of esters is 1. The smallest absolute Gasteiger partial charge is 0.311 e. The lowest BCUT2D eigenvalue weighted by Gasteiger charge is -2.42. The molecule has 0 spiro atoms. The summed E-state index contributed by atoms with van der Waals surface area (Å²) in [5.74, 6) is -0.678. The second kappa shape index (κ2) is 16.0. The number of carbonyl (C=O) groups excluding carboxylic acids is 1. The number of benzene rings is 5. The minimum atomic E-state index is -0.470. The molecule has 0 aliphatic carbocycles. The average Bonchev–Trinajstić information content (AvgIpc) is 3.11. The van der Waals surface area contributed by atoms with Crippen LogP contribution in [0.4, 0.5) is 0 Å². The van der Waals surface area contributed by atoms with Crippen LogP contribution in [0.5, 0.6) is 0 Å². The normalized spacial score (nSPS) is 14.1. The monoisotopic (exact) mass is 596 g/mol. The fourth-order valence-electron chi connectivity index (χ4n) is 6.33. The average molecular weight is 597 g/mol. The minimum absolute atomic E-state index is 0.0258. The molecular weight excluding hydrogens is 552 g/mol. The topological polar surface area (TPSA) is 32.8 Å². The van der Waals surface area contributed by atoms with Crippen LogP contribution in [-0.4, -0.2) is 29.4 Å². The van der Waals surface area contributed by atoms with E-state index >= 15 is 0 Å². The predicted molar refractivity (Wildman–Crippen MR) is 183 cm³/mol. The van der Waals surface area contributed by atoms with Crippen LogP contribution >= 0.6 is 0 Å². The maximum Gasteiger partial charge on any atom is 0.311 e. The molecule has 4 atom stereocenters. The van der Waals surface area contributed by atoms with Gasteiger partial charge < -0.3 is 4.74 Å². The SMILES string of the molecule is COC(=O)[C@@H](CN(Cc1ccccc1)[C@@H](C)c1ccccc1)C(c1ccccc1)N(Cc1ccccc1)C(C)c1ccccc1. The summed E-state index contributed by atoms with van der Waals surface area (Å²) >= 11 is 0. The van der Waals surface area contributed by atoms with Crippen molar-refractivity contribution >= 4 is 5.97 Å². The number of carbonyl (C=O) groups is 1. The maximum absolute atomic E-state index is 14.1. The second-order valence-electron chi connectivity index (χ2n) is 11.7. The molecule has 0 heterocycles. The van der Waals surface area contributed by atoms with Gasteiger partial charge in [-0.05, 0) is 41.7 Å². The van der Waals surface area contributed by atoms with Crippen LogP contribution in [0.2, 0.25) is 0 Å². The van der Waals surface area contributed by atoms with E-state index in [4.69, 9.17) is 4.74 Å². The highest BCUT2D eigenvalue weighted by atomic mass is 16.5. The van der Waals surface area contributed by atoms with Crippen molar-refractivity contribution in [2.45, 2.75) is 45.1 Å². The summed E-state index contributed by atoms with van der Waals surface area (Å²) in [4.78, 5) is 19.0. The molecule has 230 valence electrons. The van der Waals surface area contributed by atoms with Crippen LogP contribution in [0.3, 0.4) is 0 Å². The molecule has 0 saturated carbocycles. The first-order valence-corrected chi connectivity index (χ1v) is 15.9. The molecule has 0 radical (unpaired) electrons. The van der Waals surface area contributed by atoms with E-state index in [0.717, 1.165) is 5.56 Å². The third kappa shape index (κ3) is 8.36. The van der Waals surface area contributed by atoms with Crippen LogP contribution in [0.15, 0.2) is 152 Å². The van der Waals surface area contributed by atoms with Gasteiger partial charge in [-0.3, -0.25) is 14.6 Å². The number of hydrogen-bond donors (Lipinski definition) is 0. The molecule has 0 fully saturated rings. The summed E-state index contributed by atoms with van der Waals surface area (Å²) in [5, 5.41) is 0. The summed E-state index contributed by atoms with van der Waals surface area (Å²) in [5.41, 5.74) is 5.92. The van der Waals surface area contributed by atoms with Crippen molar-refractivity contribution in [3.05, 3.63) is 179 Å². The van der Waals surface area contributed by atoms with E-state index in [2.05, 4.69) is 151 Å². The third-order valence-corrected chi connectivity index (χ3v) is 8.86. The molecule has 4 nitrogen and oxygen atoms in total. The van der Waals surface area contributed by atoms with Crippen molar-refractivity contribution in [1.29, 1.82) is 0 Å². The quantitative estimate of drug-likeness (QED) is 0.120. The Morgan fingerprint density at radius 1 is 0.556 bits per heavy atom. The molecule has 0 amide bonds. The van der Waals surface area contributed by atoms with Crippen molar-refractivity contribution in [3.8, 4) is 0 Å². The molecular formula is C41H44N2O2. The van der Waals surface area contributed by atoms with E-state index in [9.17, 15) is 4.79 Å². The first kappa shape index (κ1) is 31.9. The van der Waals surface area contributed by atoms with Crippen molar-refractivity contribution in [3.63, 3.8) is 0 Å². The van der Waals surface area contributed by atoms with E-state index in [0.29, 0.717) is 19.6 Å². The van der Waals surface area contributed by atoms with Gasteiger partial charge in [-0.2, -0.15) is 0 Å². The largest absolute Gasteiger partial charge is 0.469 e. The Morgan fingerprint density at radius 2 is 0.956 bits per heavy atom. The standard InChI is InChI=1S/C41H44N2O2/c1-32(36-23-13-6-14-24-36)42(29-34-19-9-4-10-20-34)31-39(41(44)45-3)40(38-27-17-8-18-28-38)43(30-35-21-11-5-12-22-35)33(2)37-25-15-7-16-26-37/h4-28,32-33,39-40H,29-31H2,1-3H3/t32-,33?,39-,40?/m0/s1. The zero-order valence-corrected chi connectivity index (χ0v) is 26.6. The summed E-state index contributed by atoms with van der Waals surface area (Å²) in [6.07, 6.45) is 0. The van der Waals surface area contributed by atoms with Gasteiger partial charge in [-0.1, -0.05) is 152 Å². The van der Waals surface area contributed by atoms with Crippen LogP contribution < -0.4 is 0 Å². The van der Waals surface area contributed by atoms with Gasteiger partial charge in [0.15, 0.2) is 0 Å². The number of nitrogens with zero attached hydrogens (tertiary/aromatic N) is 2. The summed E-state index contributed by atoms with van der Waals surface area (Å²) < 4.78 is 5.64. The number of ether oxygens (including phenoxy) is 1. The highest BCUT2D eigenvalue weighted by Gasteiger charge is 2.39. The van der Waals surface area contributed by atoms with Crippen molar-refractivity contribution in [1.82, 2.24) is 9.80 Å². The van der Waals surface area contributed by atoms with E-state index in [1.165, 1.54) is 29.4 Å². The van der Waals surface area contributed by atoms with Gasteiger partial charge in [0.25, 0.3) is 0 Å². The van der Waals surface area contributed by atoms with Crippen LogP contribution in [0.1, 0.15) is 59.8 Å². The van der Waals surface area contributed by atoms with Crippen molar-refractivity contribution < 1.29 is 9.53 Å². The molecule has 5 aromatic rings. The van der Waals surface area contributed by atoms with Crippen LogP contribution in [0.25, 0.3) is 0 Å². The highest BCUT2D eigenvalue weighted by Crippen LogP contribution is 2.39. The van der Waals surface area contributed by atoms with Gasteiger partial charge in [0.1, 0.15) is 0 Å². The van der Waals surface area contributed by atoms with E-state index < -0.39 is 5.92 Å². The summed E-state index contributed by atoms with van der Waals surface area (Å²) in [6.45, 7) is 6.38. The molecule has 0 aliphatic rings.